The van der Waals surface area contributed by atoms with E-state index in [0.717, 1.165) is 36.8 Å². The van der Waals surface area contributed by atoms with E-state index in [0.29, 0.717) is 43.2 Å². The second-order valence-corrected chi connectivity index (χ2v) is 8.99. The van der Waals surface area contributed by atoms with Crippen LogP contribution in [-0.4, -0.2) is 51.6 Å². The highest BCUT2D eigenvalue weighted by Gasteiger charge is 2.37. The van der Waals surface area contributed by atoms with Crippen LogP contribution < -0.4 is 0 Å². The van der Waals surface area contributed by atoms with Crippen LogP contribution in [0.2, 0.25) is 0 Å². The highest BCUT2D eigenvalue weighted by molar-refractivity contribution is 5.94. The number of aromatic amines is 1. The predicted octanol–water partition coefficient (Wildman–Crippen LogP) is 4.36. The van der Waals surface area contributed by atoms with E-state index in [4.69, 9.17) is 0 Å². The zero-order valence-corrected chi connectivity index (χ0v) is 17.4. The summed E-state index contributed by atoms with van der Waals surface area (Å²) in [6.45, 7) is 2.67. The molecule has 1 aromatic carbocycles. The lowest BCUT2D eigenvalue weighted by atomic mass is 9.86. The molecule has 1 aliphatic carbocycles. The van der Waals surface area contributed by atoms with E-state index in [2.05, 4.69) is 15.1 Å². The van der Waals surface area contributed by atoms with Crippen molar-refractivity contribution in [1.29, 1.82) is 0 Å². The van der Waals surface area contributed by atoms with Gasteiger partial charge in [-0.05, 0) is 49.7 Å². The van der Waals surface area contributed by atoms with Gasteiger partial charge in [-0.15, -0.1) is 0 Å². The molecule has 31 heavy (non-hydrogen) atoms. The smallest absolute Gasteiger partial charge is 0.337 e. The number of hydrogen-bond donors (Lipinski definition) is 1. The number of fused-ring (bicyclic) bond motifs is 1. The molecule has 5 rings (SSSR count). The summed E-state index contributed by atoms with van der Waals surface area (Å²) in [5.74, 6) is -0.289. The molecule has 2 aromatic rings. The van der Waals surface area contributed by atoms with Crippen molar-refractivity contribution in [1.82, 2.24) is 20.0 Å². The maximum atomic E-state index is 13.4. The van der Waals surface area contributed by atoms with Gasteiger partial charge in [-0.1, -0.05) is 24.6 Å². The number of rotatable bonds is 3. The molecular weight excluding hydrogens is 405 g/mol. The number of likely N-dealkylation sites (tertiary alicyclic amines) is 1. The van der Waals surface area contributed by atoms with Crippen LogP contribution in [0.3, 0.4) is 0 Å². The molecule has 1 N–H and O–H groups in total. The molecular formula is C23H27F3N4O. The fraction of sp³-hybridized carbons (Fsp3) is 0.565. The first-order valence-electron chi connectivity index (χ1n) is 11.2. The molecule has 3 aliphatic rings. The predicted molar refractivity (Wildman–Crippen MR) is 110 cm³/mol. The zero-order valence-electron chi connectivity index (χ0n) is 17.4. The standard InChI is InChI=1S/C23H27F3N4O/c24-23(25,26)19-7-2-1-6-17(19)15-8-11-29(12-9-15)22(31)21-18-10-13-30(16-4-3-5-16)14-20(18)27-28-21/h1-2,6-7,15-16H,3-5,8-14H2,(H,27,28). The Morgan fingerprint density at radius 3 is 2.48 bits per heavy atom. The maximum absolute atomic E-state index is 13.4. The van der Waals surface area contributed by atoms with Gasteiger partial charge < -0.3 is 4.90 Å². The molecule has 8 heteroatoms. The summed E-state index contributed by atoms with van der Waals surface area (Å²) in [5, 5.41) is 7.42. The lowest BCUT2D eigenvalue weighted by Crippen LogP contribution is -2.43. The molecule has 1 aromatic heterocycles. The summed E-state index contributed by atoms with van der Waals surface area (Å²) in [6.07, 6.45) is 1.32. The number of amides is 1. The molecule has 0 atom stereocenters. The molecule has 1 saturated heterocycles. The van der Waals surface area contributed by atoms with E-state index in [1.807, 2.05) is 0 Å². The SMILES string of the molecule is O=C(c1n[nH]c2c1CCN(C1CCC1)C2)N1CCC(c2ccccc2C(F)(F)F)CC1. The van der Waals surface area contributed by atoms with Crippen molar-refractivity contribution < 1.29 is 18.0 Å². The number of alkyl halides is 3. The minimum absolute atomic E-state index is 0.0999. The fourth-order valence-electron chi connectivity index (χ4n) is 5.23. The third kappa shape index (κ3) is 3.86. The first-order valence-corrected chi connectivity index (χ1v) is 11.2. The Balaban J connectivity index is 1.25. The Hall–Kier alpha value is -2.35. The number of carbonyl (C=O) groups excluding carboxylic acids is 1. The maximum Gasteiger partial charge on any atom is 0.416 e. The Morgan fingerprint density at radius 2 is 1.81 bits per heavy atom. The lowest BCUT2D eigenvalue weighted by molar-refractivity contribution is -0.138. The van der Waals surface area contributed by atoms with Gasteiger partial charge in [0.25, 0.3) is 5.91 Å². The fourth-order valence-corrected chi connectivity index (χ4v) is 5.23. The number of nitrogens with one attached hydrogen (secondary N) is 1. The normalized spacial score (nSPS) is 21.1. The van der Waals surface area contributed by atoms with E-state index in [1.54, 1.807) is 17.0 Å². The number of hydrogen-bond acceptors (Lipinski definition) is 3. The van der Waals surface area contributed by atoms with E-state index < -0.39 is 11.7 Å². The molecule has 166 valence electrons. The highest BCUT2D eigenvalue weighted by Crippen LogP contribution is 2.39. The summed E-state index contributed by atoms with van der Waals surface area (Å²) >= 11 is 0. The van der Waals surface area contributed by atoms with E-state index >= 15 is 0 Å². The Bertz CT molecular complexity index is 958. The summed E-state index contributed by atoms with van der Waals surface area (Å²) in [5.41, 5.74) is 2.34. The number of benzene rings is 1. The largest absolute Gasteiger partial charge is 0.416 e. The third-order valence-corrected chi connectivity index (χ3v) is 7.24. The van der Waals surface area contributed by atoms with Crippen LogP contribution in [0.4, 0.5) is 13.2 Å². The van der Waals surface area contributed by atoms with Gasteiger partial charge in [-0.25, -0.2) is 0 Å². The average molecular weight is 432 g/mol. The van der Waals surface area contributed by atoms with Crippen LogP contribution in [0.5, 0.6) is 0 Å². The second kappa shape index (κ2) is 7.97. The number of aromatic nitrogens is 2. The van der Waals surface area contributed by atoms with Crippen molar-refractivity contribution in [2.75, 3.05) is 19.6 Å². The van der Waals surface area contributed by atoms with Gasteiger partial charge in [-0.2, -0.15) is 18.3 Å². The lowest BCUT2D eigenvalue weighted by Gasteiger charge is -2.39. The van der Waals surface area contributed by atoms with Gasteiger partial charge in [0, 0.05) is 37.8 Å². The van der Waals surface area contributed by atoms with Gasteiger partial charge in [0.1, 0.15) is 0 Å². The van der Waals surface area contributed by atoms with Crippen LogP contribution in [-0.2, 0) is 19.1 Å². The summed E-state index contributed by atoms with van der Waals surface area (Å²) in [7, 11) is 0. The van der Waals surface area contributed by atoms with E-state index in [1.165, 1.54) is 25.3 Å². The quantitative estimate of drug-likeness (QED) is 0.784. The molecule has 0 bridgehead atoms. The summed E-state index contributed by atoms with van der Waals surface area (Å²) < 4.78 is 40.1. The Labute approximate surface area is 179 Å². The van der Waals surface area contributed by atoms with Crippen LogP contribution >= 0.6 is 0 Å². The Morgan fingerprint density at radius 1 is 1.06 bits per heavy atom. The zero-order chi connectivity index (χ0) is 21.6. The van der Waals surface area contributed by atoms with Crippen molar-refractivity contribution in [3.05, 3.63) is 52.3 Å². The highest BCUT2D eigenvalue weighted by atomic mass is 19.4. The first-order chi connectivity index (χ1) is 14.9. The van der Waals surface area contributed by atoms with Gasteiger partial charge >= 0.3 is 6.18 Å². The van der Waals surface area contributed by atoms with Gasteiger partial charge in [-0.3, -0.25) is 14.8 Å². The number of carbonyl (C=O) groups is 1. The molecule has 5 nitrogen and oxygen atoms in total. The van der Waals surface area contributed by atoms with E-state index in [9.17, 15) is 18.0 Å². The van der Waals surface area contributed by atoms with Crippen LogP contribution in [0, 0.1) is 0 Å². The molecule has 0 unspecified atom stereocenters. The van der Waals surface area contributed by atoms with Crippen LogP contribution in [0.15, 0.2) is 24.3 Å². The third-order valence-electron chi connectivity index (χ3n) is 7.24. The minimum Gasteiger partial charge on any atom is -0.337 e. The number of halogens is 3. The molecule has 0 spiro atoms. The van der Waals surface area contributed by atoms with Gasteiger partial charge in [0.05, 0.1) is 11.3 Å². The molecule has 0 radical (unpaired) electrons. The van der Waals surface area contributed by atoms with Crippen molar-refractivity contribution in [2.24, 2.45) is 0 Å². The van der Waals surface area contributed by atoms with Crippen molar-refractivity contribution in [3.63, 3.8) is 0 Å². The van der Waals surface area contributed by atoms with Gasteiger partial charge in [0.2, 0.25) is 0 Å². The number of piperidine rings is 1. The second-order valence-electron chi connectivity index (χ2n) is 8.99. The van der Waals surface area contributed by atoms with Crippen molar-refractivity contribution in [3.8, 4) is 0 Å². The topological polar surface area (TPSA) is 52.2 Å². The average Bonchev–Trinajstić information content (AvgIpc) is 3.15. The first kappa shape index (κ1) is 20.5. The monoisotopic (exact) mass is 432 g/mol. The molecule has 1 amide bonds. The number of nitrogens with zero attached hydrogens (tertiary/aromatic N) is 3. The number of H-pyrrole nitrogens is 1. The summed E-state index contributed by atoms with van der Waals surface area (Å²) in [4.78, 5) is 17.4. The Kier molecular flexibility index (Phi) is 5.28. The molecule has 2 fully saturated rings. The van der Waals surface area contributed by atoms with E-state index in [-0.39, 0.29) is 11.8 Å². The van der Waals surface area contributed by atoms with Crippen LogP contribution in [0.25, 0.3) is 0 Å². The summed E-state index contributed by atoms with van der Waals surface area (Å²) in [6, 6.07) is 6.47. The van der Waals surface area contributed by atoms with Crippen LogP contribution in [0.1, 0.15) is 70.9 Å². The van der Waals surface area contributed by atoms with Gasteiger partial charge in [0.15, 0.2) is 5.69 Å². The molecule has 3 heterocycles. The molecule has 2 aliphatic heterocycles. The minimum atomic E-state index is -4.36. The molecule has 1 saturated carbocycles. The van der Waals surface area contributed by atoms with Crippen molar-refractivity contribution >= 4 is 5.91 Å². The van der Waals surface area contributed by atoms with Crippen molar-refractivity contribution in [2.45, 2.75) is 63.2 Å².